The number of halogens is 1. The van der Waals surface area contributed by atoms with Gasteiger partial charge in [0.05, 0.1) is 4.90 Å². The Hall–Kier alpha value is -2.81. The molecule has 1 heterocycles. The van der Waals surface area contributed by atoms with Crippen molar-refractivity contribution in [3.05, 3.63) is 60.2 Å². The molecule has 0 radical (unpaired) electrons. The molecule has 0 aliphatic carbocycles. The van der Waals surface area contributed by atoms with E-state index >= 15 is 0 Å². The lowest BCUT2D eigenvalue weighted by Crippen LogP contribution is -2.45. The van der Waals surface area contributed by atoms with Gasteiger partial charge in [0, 0.05) is 25.0 Å². The molecule has 0 fully saturated rings. The van der Waals surface area contributed by atoms with Crippen LogP contribution in [-0.4, -0.2) is 37.8 Å². The van der Waals surface area contributed by atoms with Gasteiger partial charge < -0.3 is 10.6 Å². The lowest BCUT2D eigenvalue weighted by molar-refractivity contribution is -0.139. The maximum absolute atomic E-state index is 13.2. The van der Waals surface area contributed by atoms with E-state index in [1.165, 1.54) is 12.4 Å². The van der Waals surface area contributed by atoms with Gasteiger partial charge in [-0.1, -0.05) is 13.0 Å². The molecule has 0 saturated heterocycles. The fourth-order valence-corrected chi connectivity index (χ4v) is 4.06. The average Bonchev–Trinajstić information content (AvgIpc) is 2.68. The monoisotopic (exact) mass is 407 g/mol. The number of carbonyl (C=O) groups is 2. The van der Waals surface area contributed by atoms with E-state index < -0.39 is 32.7 Å². The number of sulfone groups is 1. The minimum absolute atomic E-state index is 0.0962. The molecule has 2 N–H and O–H groups in total. The topological polar surface area (TPSA) is 105 Å². The third-order valence-electron chi connectivity index (χ3n) is 4.22. The number of benzene rings is 1. The number of hydrogen-bond donors (Lipinski definition) is 2. The van der Waals surface area contributed by atoms with Crippen molar-refractivity contribution < 1.29 is 22.4 Å². The first-order valence-corrected chi connectivity index (χ1v) is 10.3. The van der Waals surface area contributed by atoms with Crippen LogP contribution in [0.25, 0.3) is 0 Å². The molecular weight excluding hydrogens is 385 g/mol. The molecule has 0 bridgehead atoms. The van der Waals surface area contributed by atoms with Crippen molar-refractivity contribution in [3.8, 4) is 0 Å². The van der Waals surface area contributed by atoms with Crippen molar-refractivity contribution in [2.75, 3.05) is 6.54 Å². The maximum Gasteiger partial charge on any atom is 0.309 e. The van der Waals surface area contributed by atoms with Crippen LogP contribution in [0.2, 0.25) is 0 Å². The van der Waals surface area contributed by atoms with Gasteiger partial charge in [0.25, 0.3) is 0 Å². The molecule has 0 saturated carbocycles. The molecule has 0 unspecified atom stereocenters. The van der Waals surface area contributed by atoms with E-state index in [4.69, 9.17) is 0 Å². The number of carbonyl (C=O) groups excluding carboxylic acids is 2. The average molecular weight is 407 g/mol. The zero-order valence-electron chi connectivity index (χ0n) is 15.6. The van der Waals surface area contributed by atoms with E-state index in [1.807, 2.05) is 6.92 Å². The highest BCUT2D eigenvalue weighted by atomic mass is 32.2. The standard InChI is InChI=1S/C19H22FN3O4S/c1-3-13(2)23-19(25)18(24)22-12-17(14-5-4-10-21-11-14)28(26,27)16-8-6-15(20)7-9-16/h4-11,13,17H,3,12H2,1-2H3,(H,22,24)(H,23,25)/t13-,17-/m0/s1. The van der Waals surface area contributed by atoms with Gasteiger partial charge in [-0.15, -0.1) is 0 Å². The fourth-order valence-electron chi connectivity index (χ4n) is 2.42. The van der Waals surface area contributed by atoms with Crippen molar-refractivity contribution in [1.82, 2.24) is 15.6 Å². The molecule has 150 valence electrons. The van der Waals surface area contributed by atoms with Crippen LogP contribution in [0, 0.1) is 5.82 Å². The Balaban J connectivity index is 2.25. The van der Waals surface area contributed by atoms with Crippen LogP contribution in [0.5, 0.6) is 0 Å². The Morgan fingerprint density at radius 1 is 1.14 bits per heavy atom. The quantitative estimate of drug-likeness (QED) is 0.538. The molecule has 1 aromatic carbocycles. The summed E-state index contributed by atoms with van der Waals surface area (Å²) in [5.41, 5.74) is 0.342. The zero-order valence-corrected chi connectivity index (χ0v) is 16.4. The molecule has 2 atom stereocenters. The summed E-state index contributed by atoms with van der Waals surface area (Å²) in [5.74, 6) is -2.33. The van der Waals surface area contributed by atoms with E-state index in [-0.39, 0.29) is 17.5 Å². The Morgan fingerprint density at radius 2 is 1.82 bits per heavy atom. The van der Waals surface area contributed by atoms with Gasteiger partial charge in [0.1, 0.15) is 11.1 Å². The second-order valence-electron chi connectivity index (χ2n) is 6.27. The molecular formula is C19H22FN3O4S. The minimum atomic E-state index is -3.97. The van der Waals surface area contributed by atoms with Gasteiger partial charge in [0.15, 0.2) is 9.84 Å². The highest BCUT2D eigenvalue weighted by Gasteiger charge is 2.30. The molecule has 1 aromatic heterocycles. The van der Waals surface area contributed by atoms with Crippen LogP contribution in [0.3, 0.4) is 0 Å². The van der Waals surface area contributed by atoms with Crippen LogP contribution in [0.4, 0.5) is 4.39 Å². The van der Waals surface area contributed by atoms with Crippen molar-refractivity contribution >= 4 is 21.7 Å². The van der Waals surface area contributed by atoms with Crippen molar-refractivity contribution in [2.45, 2.75) is 36.5 Å². The predicted octanol–water partition coefficient (Wildman–Crippen LogP) is 1.77. The molecule has 9 heteroatoms. The first kappa shape index (κ1) is 21.5. The third kappa shape index (κ3) is 5.35. The Bertz CT molecular complexity index is 918. The first-order valence-electron chi connectivity index (χ1n) is 8.73. The summed E-state index contributed by atoms with van der Waals surface area (Å²) in [7, 11) is -3.97. The zero-order chi connectivity index (χ0) is 20.7. The number of nitrogens with one attached hydrogen (secondary N) is 2. The lowest BCUT2D eigenvalue weighted by Gasteiger charge is -2.19. The van der Waals surface area contributed by atoms with Gasteiger partial charge in [-0.3, -0.25) is 14.6 Å². The highest BCUT2D eigenvalue weighted by molar-refractivity contribution is 7.91. The number of hydrogen-bond acceptors (Lipinski definition) is 5. The van der Waals surface area contributed by atoms with Crippen LogP contribution in [-0.2, 0) is 19.4 Å². The number of amides is 2. The van der Waals surface area contributed by atoms with E-state index in [2.05, 4.69) is 15.6 Å². The van der Waals surface area contributed by atoms with Gasteiger partial charge in [0.2, 0.25) is 0 Å². The Kier molecular flexibility index (Phi) is 7.22. The van der Waals surface area contributed by atoms with E-state index in [0.29, 0.717) is 12.0 Å². The summed E-state index contributed by atoms with van der Waals surface area (Å²) in [6.45, 7) is 3.28. The second-order valence-corrected chi connectivity index (χ2v) is 8.40. The van der Waals surface area contributed by atoms with Crippen LogP contribution in [0.15, 0.2) is 53.7 Å². The molecule has 0 spiro atoms. The van der Waals surface area contributed by atoms with Gasteiger partial charge >= 0.3 is 11.8 Å². The highest BCUT2D eigenvalue weighted by Crippen LogP contribution is 2.28. The van der Waals surface area contributed by atoms with Crippen LogP contribution < -0.4 is 10.6 Å². The smallest absolute Gasteiger partial charge is 0.309 e. The Labute approximate surface area is 163 Å². The first-order chi connectivity index (χ1) is 13.3. The Morgan fingerprint density at radius 3 is 2.39 bits per heavy atom. The van der Waals surface area contributed by atoms with Gasteiger partial charge in [-0.25, -0.2) is 12.8 Å². The predicted molar refractivity (Wildman–Crippen MR) is 101 cm³/mol. The minimum Gasteiger partial charge on any atom is -0.346 e. The maximum atomic E-state index is 13.2. The van der Waals surface area contributed by atoms with Crippen LogP contribution in [0.1, 0.15) is 31.1 Å². The molecule has 28 heavy (non-hydrogen) atoms. The summed E-state index contributed by atoms with van der Waals surface area (Å²) in [4.78, 5) is 27.8. The largest absolute Gasteiger partial charge is 0.346 e. The fraction of sp³-hybridized carbons (Fsp3) is 0.316. The van der Waals surface area contributed by atoms with Crippen molar-refractivity contribution in [2.24, 2.45) is 0 Å². The number of aromatic nitrogens is 1. The molecule has 0 aliphatic heterocycles. The molecule has 2 rings (SSSR count). The summed E-state index contributed by atoms with van der Waals surface area (Å²) >= 11 is 0. The number of nitrogens with zero attached hydrogens (tertiary/aromatic N) is 1. The number of rotatable bonds is 7. The molecule has 2 amide bonds. The SMILES string of the molecule is CC[C@H](C)NC(=O)C(=O)NC[C@@H](c1cccnc1)S(=O)(=O)c1ccc(F)cc1. The van der Waals surface area contributed by atoms with Gasteiger partial charge in [-0.2, -0.15) is 0 Å². The van der Waals surface area contributed by atoms with E-state index in [1.54, 1.807) is 19.1 Å². The van der Waals surface area contributed by atoms with Crippen LogP contribution >= 0.6 is 0 Å². The normalized spacial score (nSPS) is 13.4. The summed E-state index contributed by atoms with van der Waals surface area (Å²) in [5, 5.41) is 3.69. The van der Waals surface area contributed by atoms with E-state index in [0.717, 1.165) is 24.3 Å². The van der Waals surface area contributed by atoms with Crippen molar-refractivity contribution in [3.63, 3.8) is 0 Å². The van der Waals surface area contributed by atoms with Gasteiger partial charge in [-0.05, 0) is 49.2 Å². The third-order valence-corrected chi connectivity index (χ3v) is 6.33. The lowest BCUT2D eigenvalue weighted by atomic mass is 10.2. The summed E-state index contributed by atoms with van der Waals surface area (Å²) in [6, 6.07) is 7.35. The summed E-state index contributed by atoms with van der Waals surface area (Å²) < 4.78 is 39.3. The van der Waals surface area contributed by atoms with Crippen molar-refractivity contribution in [1.29, 1.82) is 0 Å². The molecule has 0 aliphatic rings. The number of pyridine rings is 1. The molecule has 7 nitrogen and oxygen atoms in total. The second kappa shape index (κ2) is 9.41. The summed E-state index contributed by atoms with van der Waals surface area (Å²) in [6.07, 6.45) is 3.51. The van der Waals surface area contributed by atoms with E-state index in [9.17, 15) is 22.4 Å². The molecule has 2 aromatic rings.